The van der Waals surface area contributed by atoms with E-state index in [1.165, 1.54) is 17.9 Å². The predicted molar refractivity (Wildman–Crippen MR) is 126 cm³/mol. The summed E-state index contributed by atoms with van der Waals surface area (Å²) in [5.74, 6) is -2.87. The van der Waals surface area contributed by atoms with Crippen LogP contribution in [0.3, 0.4) is 0 Å². The molecule has 1 saturated carbocycles. The van der Waals surface area contributed by atoms with Gasteiger partial charge in [0, 0.05) is 32.1 Å². The Balaban J connectivity index is 1.59. The first-order valence-corrected chi connectivity index (χ1v) is 11.7. The van der Waals surface area contributed by atoms with Crippen LogP contribution in [0.25, 0.3) is 0 Å². The van der Waals surface area contributed by atoms with Crippen LogP contribution >= 0.6 is 11.6 Å². The zero-order valence-corrected chi connectivity index (χ0v) is 19.9. The van der Waals surface area contributed by atoms with Gasteiger partial charge in [-0.3, -0.25) is 14.3 Å². The van der Waals surface area contributed by atoms with Crippen LogP contribution in [-0.4, -0.2) is 28.1 Å². The molecular formula is C25H30ClF2N3O3. The minimum Gasteiger partial charge on any atom is -0.427 e. The Hall–Kier alpha value is -2.58. The number of hydrogen-bond acceptors (Lipinski definition) is 5. The molecule has 2 N–H and O–H groups in total. The SMILES string of the molecule is C=CCC(F)(F)c1nn(C)cc1C(=O)CC1CCC(C(N)Cc2cccc(Cl)c2OC=O)CC1. The van der Waals surface area contributed by atoms with Gasteiger partial charge in [0.25, 0.3) is 12.4 Å². The number of Topliss-reactive ketones (excluding diaryl/α,β-unsaturated/α-hetero) is 1. The molecule has 0 bridgehead atoms. The van der Waals surface area contributed by atoms with Gasteiger partial charge in [0.15, 0.2) is 11.5 Å². The molecule has 0 saturated heterocycles. The number of aryl methyl sites for hydroxylation is 1. The summed E-state index contributed by atoms with van der Waals surface area (Å²) in [5.41, 5.74) is 6.75. The molecule has 1 aromatic heterocycles. The molecule has 0 amide bonds. The van der Waals surface area contributed by atoms with Crippen LogP contribution in [0.4, 0.5) is 8.78 Å². The third kappa shape index (κ3) is 6.10. The van der Waals surface area contributed by atoms with Gasteiger partial charge in [-0.1, -0.05) is 29.8 Å². The smallest absolute Gasteiger partial charge is 0.298 e. The van der Waals surface area contributed by atoms with E-state index in [1.54, 1.807) is 12.1 Å². The van der Waals surface area contributed by atoms with Crippen LogP contribution < -0.4 is 10.5 Å². The lowest BCUT2D eigenvalue weighted by Gasteiger charge is -2.32. The first kappa shape index (κ1) is 26.0. The molecule has 1 fully saturated rings. The molecule has 2 aromatic rings. The number of para-hydroxylation sites is 1. The molecule has 0 radical (unpaired) electrons. The highest BCUT2D eigenvalue weighted by atomic mass is 35.5. The minimum atomic E-state index is -3.23. The summed E-state index contributed by atoms with van der Waals surface area (Å²) in [7, 11) is 1.53. The Morgan fingerprint density at radius 2 is 2.09 bits per heavy atom. The number of allylic oxidation sites excluding steroid dienone is 1. The second kappa shape index (κ2) is 11.2. The van der Waals surface area contributed by atoms with Gasteiger partial charge >= 0.3 is 0 Å². The van der Waals surface area contributed by atoms with E-state index >= 15 is 0 Å². The highest BCUT2D eigenvalue weighted by molar-refractivity contribution is 6.32. The first-order chi connectivity index (χ1) is 16.2. The number of aromatic nitrogens is 2. The predicted octanol–water partition coefficient (Wildman–Crippen LogP) is 5.23. The Morgan fingerprint density at radius 3 is 2.74 bits per heavy atom. The average Bonchev–Trinajstić information content (AvgIpc) is 3.19. The summed E-state index contributed by atoms with van der Waals surface area (Å²) >= 11 is 6.14. The molecule has 9 heteroatoms. The maximum absolute atomic E-state index is 14.4. The van der Waals surface area contributed by atoms with Crippen molar-refractivity contribution in [2.45, 2.75) is 56.9 Å². The third-order valence-corrected chi connectivity index (χ3v) is 6.82. The van der Waals surface area contributed by atoms with Crippen molar-refractivity contribution in [2.24, 2.45) is 24.6 Å². The van der Waals surface area contributed by atoms with Crippen molar-refractivity contribution < 1.29 is 23.1 Å². The maximum Gasteiger partial charge on any atom is 0.298 e. The number of halogens is 3. The van der Waals surface area contributed by atoms with Gasteiger partial charge < -0.3 is 10.5 Å². The number of alkyl halides is 2. The molecule has 184 valence electrons. The molecule has 0 aliphatic heterocycles. The van der Waals surface area contributed by atoms with Crippen LogP contribution in [-0.2, 0) is 24.2 Å². The molecule has 1 aromatic carbocycles. The zero-order valence-electron chi connectivity index (χ0n) is 19.2. The molecule has 1 unspecified atom stereocenters. The molecule has 34 heavy (non-hydrogen) atoms. The maximum atomic E-state index is 14.4. The summed E-state index contributed by atoms with van der Waals surface area (Å²) in [6.45, 7) is 3.72. The summed E-state index contributed by atoms with van der Waals surface area (Å²) in [5, 5.41) is 4.21. The number of ether oxygens (including phenoxy) is 1. The van der Waals surface area contributed by atoms with E-state index in [1.807, 2.05) is 6.07 Å². The van der Waals surface area contributed by atoms with E-state index in [-0.39, 0.29) is 35.6 Å². The van der Waals surface area contributed by atoms with Gasteiger partial charge in [0.05, 0.1) is 10.6 Å². The molecule has 0 spiro atoms. The highest BCUT2D eigenvalue weighted by Crippen LogP contribution is 2.37. The van der Waals surface area contributed by atoms with Gasteiger partial charge in [-0.15, -0.1) is 6.58 Å². The normalized spacial score (nSPS) is 19.4. The van der Waals surface area contributed by atoms with Crippen molar-refractivity contribution in [3.8, 4) is 5.75 Å². The van der Waals surface area contributed by atoms with Crippen LogP contribution in [0.1, 0.15) is 60.1 Å². The number of nitrogens with two attached hydrogens (primary N) is 1. The molecule has 1 atom stereocenters. The fraction of sp³-hybridized carbons (Fsp3) is 0.480. The lowest BCUT2D eigenvalue weighted by molar-refractivity contribution is -0.120. The van der Waals surface area contributed by atoms with E-state index in [0.29, 0.717) is 23.7 Å². The molecule has 1 aliphatic carbocycles. The number of benzene rings is 1. The van der Waals surface area contributed by atoms with Crippen LogP contribution in [0.15, 0.2) is 37.1 Å². The second-order valence-electron chi connectivity index (χ2n) is 8.98. The fourth-order valence-corrected chi connectivity index (χ4v) is 4.99. The summed E-state index contributed by atoms with van der Waals surface area (Å²) in [6.07, 6.45) is 5.88. The quantitative estimate of drug-likeness (QED) is 0.263. The molecule has 3 rings (SSSR count). The van der Waals surface area contributed by atoms with E-state index in [9.17, 15) is 18.4 Å². The summed E-state index contributed by atoms with van der Waals surface area (Å²) in [6, 6.07) is 5.11. The summed E-state index contributed by atoms with van der Waals surface area (Å²) in [4.78, 5) is 23.7. The first-order valence-electron chi connectivity index (χ1n) is 11.4. The van der Waals surface area contributed by atoms with Gasteiger partial charge in [-0.25, -0.2) is 0 Å². The van der Waals surface area contributed by atoms with Crippen molar-refractivity contribution >= 4 is 23.9 Å². The standard InChI is InChI=1S/C25H30ClF2N3O3/c1-3-11-25(27,28)24-19(14-31(2)30-24)22(33)12-16-7-9-17(10-8-16)21(29)13-18-5-4-6-20(26)23(18)34-15-32/h3-6,14-17,21H,1,7-13,29H2,2H3. The van der Waals surface area contributed by atoms with E-state index in [0.717, 1.165) is 37.3 Å². The topological polar surface area (TPSA) is 87.2 Å². The minimum absolute atomic E-state index is 0.0168. The van der Waals surface area contributed by atoms with E-state index in [2.05, 4.69) is 11.7 Å². The van der Waals surface area contributed by atoms with Crippen molar-refractivity contribution in [3.05, 3.63) is 58.9 Å². The van der Waals surface area contributed by atoms with Gasteiger partial charge in [0.2, 0.25) is 0 Å². The van der Waals surface area contributed by atoms with Crippen LogP contribution in [0.2, 0.25) is 5.02 Å². The van der Waals surface area contributed by atoms with E-state index in [4.69, 9.17) is 22.1 Å². The number of carbonyl (C=O) groups is 2. The second-order valence-corrected chi connectivity index (χ2v) is 9.39. The Labute approximate surface area is 203 Å². The number of ketones is 1. The van der Waals surface area contributed by atoms with Crippen LogP contribution in [0, 0.1) is 11.8 Å². The van der Waals surface area contributed by atoms with E-state index < -0.39 is 18.0 Å². The Bertz CT molecular complexity index is 1030. The largest absolute Gasteiger partial charge is 0.427 e. The van der Waals surface area contributed by atoms with Crippen molar-refractivity contribution in [1.29, 1.82) is 0 Å². The van der Waals surface area contributed by atoms with Gasteiger partial charge in [-0.05, 0) is 55.6 Å². The third-order valence-electron chi connectivity index (χ3n) is 6.52. The number of carbonyl (C=O) groups excluding carboxylic acids is 2. The monoisotopic (exact) mass is 493 g/mol. The van der Waals surface area contributed by atoms with Crippen molar-refractivity contribution in [3.63, 3.8) is 0 Å². The lowest BCUT2D eigenvalue weighted by Crippen LogP contribution is -2.35. The number of rotatable bonds is 11. The van der Waals surface area contributed by atoms with Crippen molar-refractivity contribution in [2.75, 3.05) is 0 Å². The summed E-state index contributed by atoms with van der Waals surface area (Å²) < 4.78 is 35.2. The Morgan fingerprint density at radius 1 is 1.38 bits per heavy atom. The zero-order chi connectivity index (χ0) is 24.9. The average molecular weight is 494 g/mol. The fourth-order valence-electron chi connectivity index (χ4n) is 4.75. The highest BCUT2D eigenvalue weighted by Gasteiger charge is 2.38. The Kier molecular flexibility index (Phi) is 8.60. The lowest BCUT2D eigenvalue weighted by atomic mass is 9.75. The van der Waals surface area contributed by atoms with Crippen LogP contribution in [0.5, 0.6) is 5.75 Å². The molecule has 1 heterocycles. The molecule has 6 nitrogen and oxygen atoms in total. The van der Waals surface area contributed by atoms with Gasteiger partial charge in [0.1, 0.15) is 5.69 Å². The van der Waals surface area contributed by atoms with Gasteiger partial charge in [-0.2, -0.15) is 13.9 Å². The van der Waals surface area contributed by atoms with Crippen molar-refractivity contribution in [1.82, 2.24) is 9.78 Å². The molecular weight excluding hydrogens is 464 g/mol. The number of nitrogens with zero attached hydrogens (tertiary/aromatic N) is 2. The molecule has 1 aliphatic rings. The number of hydrogen-bond donors (Lipinski definition) is 1.